The molecule has 1 heterocycles. The van der Waals surface area contributed by atoms with Crippen LogP contribution in [0.25, 0.3) is 0 Å². The van der Waals surface area contributed by atoms with Crippen molar-refractivity contribution < 1.29 is 22.8 Å². The number of rotatable bonds is 3. The van der Waals surface area contributed by atoms with Crippen LogP contribution < -0.4 is 10.6 Å². The molecule has 2 aliphatic rings. The van der Waals surface area contributed by atoms with Crippen molar-refractivity contribution in [2.75, 3.05) is 11.9 Å². The highest BCUT2D eigenvalue weighted by atomic mass is 19.3. The zero-order valence-corrected chi connectivity index (χ0v) is 11.5. The van der Waals surface area contributed by atoms with Crippen LogP contribution in [0.4, 0.5) is 23.7 Å². The molecule has 1 fully saturated rings. The number of nitrogens with one attached hydrogen (secondary N) is 2. The lowest BCUT2D eigenvalue weighted by molar-refractivity contribution is -0.129. The highest BCUT2D eigenvalue weighted by Gasteiger charge is 2.46. The van der Waals surface area contributed by atoms with Crippen LogP contribution in [0.5, 0.6) is 0 Å². The van der Waals surface area contributed by atoms with E-state index in [0.29, 0.717) is 11.3 Å². The Morgan fingerprint density at radius 1 is 1.41 bits per heavy atom. The first-order valence-electron chi connectivity index (χ1n) is 6.84. The summed E-state index contributed by atoms with van der Waals surface area (Å²) in [4.78, 5) is 24.9. The molecule has 3 amide bonds. The van der Waals surface area contributed by atoms with Crippen molar-refractivity contribution in [1.82, 2.24) is 10.2 Å². The number of carbonyl (C=O) groups is 2. The maximum Gasteiger partial charge on any atom is 0.322 e. The Bertz CT molecular complexity index is 628. The summed E-state index contributed by atoms with van der Waals surface area (Å²) in [7, 11) is 0. The molecule has 0 saturated heterocycles. The molecular formula is C14H14F3N3O2. The second-order valence-corrected chi connectivity index (χ2v) is 5.62. The van der Waals surface area contributed by atoms with Gasteiger partial charge < -0.3 is 15.5 Å². The summed E-state index contributed by atoms with van der Waals surface area (Å²) in [5.41, 5.74) is 1.06. The largest absolute Gasteiger partial charge is 0.351 e. The maximum atomic E-state index is 13.2. The van der Waals surface area contributed by atoms with E-state index >= 15 is 0 Å². The molecule has 0 unspecified atom stereocenters. The van der Waals surface area contributed by atoms with Gasteiger partial charge in [-0.25, -0.2) is 18.0 Å². The third-order valence-corrected chi connectivity index (χ3v) is 3.75. The first-order valence-corrected chi connectivity index (χ1v) is 6.84. The van der Waals surface area contributed by atoms with Gasteiger partial charge in [0.2, 0.25) is 5.91 Å². The molecule has 0 bridgehead atoms. The molecule has 0 atom stereocenters. The number of urea groups is 1. The first-order chi connectivity index (χ1) is 10.3. The first kappa shape index (κ1) is 14.7. The average molecular weight is 313 g/mol. The van der Waals surface area contributed by atoms with Crippen molar-refractivity contribution in [2.45, 2.75) is 31.4 Å². The predicted molar refractivity (Wildman–Crippen MR) is 71.9 cm³/mol. The normalized spacial score (nSPS) is 20.0. The van der Waals surface area contributed by atoms with Crippen molar-refractivity contribution >= 4 is 17.6 Å². The topological polar surface area (TPSA) is 61.4 Å². The summed E-state index contributed by atoms with van der Waals surface area (Å²) in [5, 5.41) is 5.02. The van der Waals surface area contributed by atoms with Crippen LogP contribution in [-0.2, 0) is 11.3 Å². The summed E-state index contributed by atoms with van der Waals surface area (Å²) < 4.78 is 38.6. The smallest absolute Gasteiger partial charge is 0.322 e. The van der Waals surface area contributed by atoms with Crippen LogP contribution >= 0.6 is 0 Å². The van der Waals surface area contributed by atoms with Crippen molar-refractivity contribution in [3.63, 3.8) is 0 Å². The van der Waals surface area contributed by atoms with Gasteiger partial charge in [0, 0.05) is 24.6 Å². The van der Waals surface area contributed by atoms with Gasteiger partial charge in [0.15, 0.2) is 0 Å². The van der Waals surface area contributed by atoms with E-state index in [-0.39, 0.29) is 25.9 Å². The van der Waals surface area contributed by atoms with Gasteiger partial charge >= 0.3 is 6.03 Å². The fourth-order valence-corrected chi connectivity index (χ4v) is 2.62. The fourth-order valence-electron chi connectivity index (χ4n) is 2.62. The van der Waals surface area contributed by atoms with Gasteiger partial charge in [0.1, 0.15) is 12.4 Å². The minimum Gasteiger partial charge on any atom is -0.351 e. The Kier molecular flexibility index (Phi) is 3.46. The van der Waals surface area contributed by atoms with E-state index < -0.39 is 29.7 Å². The van der Waals surface area contributed by atoms with Crippen LogP contribution in [0.15, 0.2) is 18.2 Å². The second kappa shape index (κ2) is 5.19. The van der Waals surface area contributed by atoms with Gasteiger partial charge in [0.05, 0.1) is 6.54 Å². The van der Waals surface area contributed by atoms with Crippen LogP contribution in [0.2, 0.25) is 0 Å². The maximum absolute atomic E-state index is 13.2. The molecule has 1 saturated carbocycles. The lowest BCUT2D eigenvalue weighted by atomic mass is 9.88. The van der Waals surface area contributed by atoms with Crippen molar-refractivity contribution in [1.29, 1.82) is 0 Å². The minimum atomic E-state index is -2.71. The fraction of sp³-hybridized carbons (Fsp3) is 0.429. The van der Waals surface area contributed by atoms with Crippen LogP contribution in [-0.4, -0.2) is 35.3 Å². The zero-order chi connectivity index (χ0) is 15.9. The summed E-state index contributed by atoms with van der Waals surface area (Å²) in [6.07, 6.45) is -0.752. The summed E-state index contributed by atoms with van der Waals surface area (Å²) in [6.45, 7) is -0.170. The van der Waals surface area contributed by atoms with Gasteiger partial charge in [-0.1, -0.05) is 0 Å². The number of amides is 3. The lowest BCUT2D eigenvalue weighted by Gasteiger charge is -2.36. The Balaban J connectivity index is 1.59. The highest BCUT2D eigenvalue weighted by Crippen LogP contribution is 2.37. The van der Waals surface area contributed by atoms with Crippen LogP contribution in [0.3, 0.4) is 0 Å². The Hall–Kier alpha value is -2.25. The number of benzene rings is 1. The Morgan fingerprint density at radius 3 is 2.82 bits per heavy atom. The number of hydrogen-bond acceptors (Lipinski definition) is 2. The molecule has 0 radical (unpaired) electrons. The molecule has 2 N–H and O–H groups in total. The predicted octanol–water partition coefficient (Wildman–Crippen LogP) is 2.09. The van der Waals surface area contributed by atoms with Gasteiger partial charge in [-0.15, -0.1) is 0 Å². The molecule has 3 rings (SSSR count). The number of halogens is 3. The van der Waals surface area contributed by atoms with E-state index in [9.17, 15) is 22.8 Å². The number of anilines is 1. The van der Waals surface area contributed by atoms with Crippen molar-refractivity contribution in [3.05, 3.63) is 29.6 Å². The summed E-state index contributed by atoms with van der Waals surface area (Å²) in [5.74, 6) is -3.65. The number of hydrogen-bond donors (Lipinski definition) is 2. The Morgan fingerprint density at radius 2 is 2.14 bits per heavy atom. The third kappa shape index (κ3) is 3.00. The van der Waals surface area contributed by atoms with Crippen molar-refractivity contribution in [2.24, 2.45) is 0 Å². The van der Waals surface area contributed by atoms with E-state index in [0.717, 1.165) is 0 Å². The molecule has 1 aliphatic carbocycles. The molecule has 0 spiro atoms. The standard InChI is InChI=1S/C14H14F3N3O2/c15-9-1-2-11-8(3-9)6-20(13(22)19-11)7-12(21)18-10-4-14(16,17)5-10/h1-3,10H,4-7H2,(H,18,21)(H,19,22). The minimum absolute atomic E-state index is 0.0904. The molecule has 0 aromatic heterocycles. The zero-order valence-electron chi connectivity index (χ0n) is 11.5. The van der Waals surface area contributed by atoms with Gasteiger partial charge in [-0.3, -0.25) is 4.79 Å². The van der Waals surface area contributed by atoms with Crippen LogP contribution in [0, 0.1) is 5.82 Å². The number of alkyl halides is 2. The van der Waals surface area contributed by atoms with E-state index in [4.69, 9.17) is 0 Å². The second-order valence-electron chi connectivity index (χ2n) is 5.62. The number of fused-ring (bicyclic) bond motifs is 1. The van der Waals surface area contributed by atoms with Gasteiger partial charge in [0.25, 0.3) is 5.92 Å². The monoisotopic (exact) mass is 313 g/mol. The van der Waals surface area contributed by atoms with Gasteiger partial charge in [-0.2, -0.15) is 0 Å². The highest BCUT2D eigenvalue weighted by molar-refractivity contribution is 5.94. The number of nitrogens with zero attached hydrogens (tertiary/aromatic N) is 1. The molecular weight excluding hydrogens is 299 g/mol. The van der Waals surface area contributed by atoms with E-state index in [1.165, 1.54) is 23.1 Å². The van der Waals surface area contributed by atoms with E-state index in [1.54, 1.807) is 0 Å². The molecule has 8 heteroatoms. The number of carbonyl (C=O) groups excluding carboxylic acids is 2. The third-order valence-electron chi connectivity index (χ3n) is 3.75. The van der Waals surface area contributed by atoms with Crippen molar-refractivity contribution in [3.8, 4) is 0 Å². The van der Waals surface area contributed by atoms with Gasteiger partial charge in [-0.05, 0) is 23.8 Å². The average Bonchev–Trinajstić information content (AvgIpc) is 2.38. The van der Waals surface area contributed by atoms with E-state index in [1.807, 2.05) is 0 Å². The summed E-state index contributed by atoms with van der Waals surface area (Å²) >= 11 is 0. The quantitative estimate of drug-likeness (QED) is 0.897. The Labute approximate surface area is 124 Å². The SMILES string of the molecule is O=C(CN1Cc2cc(F)ccc2NC1=O)NC1CC(F)(F)C1. The molecule has 118 valence electrons. The lowest BCUT2D eigenvalue weighted by Crippen LogP contribution is -2.53. The summed E-state index contributed by atoms with van der Waals surface area (Å²) in [6, 6.07) is 2.94. The molecule has 1 aliphatic heterocycles. The molecule has 5 nitrogen and oxygen atoms in total. The molecule has 22 heavy (non-hydrogen) atoms. The van der Waals surface area contributed by atoms with Crippen LogP contribution in [0.1, 0.15) is 18.4 Å². The van der Waals surface area contributed by atoms with E-state index in [2.05, 4.69) is 10.6 Å². The molecule has 1 aromatic carbocycles. The molecule has 1 aromatic rings.